The Morgan fingerprint density at radius 3 is 2.54 bits per heavy atom. The summed E-state index contributed by atoms with van der Waals surface area (Å²) in [6.45, 7) is 2.38. The molecule has 0 aliphatic rings. The minimum Gasteiger partial charge on any atom is -0.489 e. The van der Waals surface area contributed by atoms with Crippen molar-refractivity contribution in [1.82, 2.24) is 10.3 Å². The van der Waals surface area contributed by atoms with E-state index < -0.39 is 6.04 Å². The number of aromatic nitrogens is 1. The van der Waals surface area contributed by atoms with Gasteiger partial charge >= 0.3 is 0 Å². The summed E-state index contributed by atoms with van der Waals surface area (Å²) in [7, 11) is 0. The van der Waals surface area contributed by atoms with Crippen molar-refractivity contribution < 1.29 is 14.3 Å². The van der Waals surface area contributed by atoms with Gasteiger partial charge in [0.1, 0.15) is 18.4 Å². The summed E-state index contributed by atoms with van der Waals surface area (Å²) in [6.07, 6.45) is 3.64. The predicted octanol–water partition coefficient (Wildman–Crippen LogP) is 7.55. The number of amides is 2. The Labute approximate surface area is 242 Å². The molecular formula is C30H29Cl2N3O3S. The molecule has 6 nitrogen and oxygen atoms in total. The molecule has 0 saturated carbocycles. The molecular weight excluding hydrogens is 553 g/mol. The largest absolute Gasteiger partial charge is 0.489 e. The Hall–Kier alpha value is -3.39. The van der Waals surface area contributed by atoms with Gasteiger partial charge in [0.05, 0.1) is 4.88 Å². The van der Waals surface area contributed by atoms with Crippen LogP contribution in [-0.4, -0.2) is 22.8 Å². The maximum atomic E-state index is 13.1. The molecule has 0 saturated heterocycles. The molecule has 1 heterocycles. The molecule has 0 spiro atoms. The molecule has 4 aromatic rings. The topological polar surface area (TPSA) is 80.3 Å². The van der Waals surface area contributed by atoms with Gasteiger partial charge in [0.15, 0.2) is 5.13 Å². The third kappa shape index (κ3) is 8.30. The van der Waals surface area contributed by atoms with E-state index in [1.165, 1.54) is 11.3 Å². The van der Waals surface area contributed by atoms with Crippen LogP contribution in [0.2, 0.25) is 10.0 Å². The van der Waals surface area contributed by atoms with E-state index in [4.69, 9.17) is 27.9 Å². The quantitative estimate of drug-likeness (QED) is 0.181. The molecule has 1 atom stereocenters. The van der Waals surface area contributed by atoms with Gasteiger partial charge in [-0.15, -0.1) is 0 Å². The lowest BCUT2D eigenvalue weighted by molar-refractivity contribution is -0.126. The molecule has 4 rings (SSSR count). The zero-order valence-electron chi connectivity index (χ0n) is 21.5. The number of carbonyl (C=O) groups is 2. The Kier molecular flexibility index (Phi) is 10.4. The number of hydrogen-bond acceptors (Lipinski definition) is 5. The van der Waals surface area contributed by atoms with Gasteiger partial charge < -0.3 is 15.4 Å². The lowest BCUT2D eigenvalue weighted by atomic mass is 10.1. The van der Waals surface area contributed by atoms with Crippen LogP contribution in [0.1, 0.15) is 37.3 Å². The van der Waals surface area contributed by atoms with Gasteiger partial charge in [-0.1, -0.05) is 96.4 Å². The average Bonchev–Trinajstić information content (AvgIpc) is 3.40. The summed E-state index contributed by atoms with van der Waals surface area (Å²) >= 11 is 13.5. The number of thiazole rings is 1. The first kappa shape index (κ1) is 28.6. The summed E-state index contributed by atoms with van der Waals surface area (Å²) in [5.41, 5.74) is 2.84. The number of nitrogens with one attached hydrogen (secondary N) is 2. The lowest BCUT2D eigenvalue weighted by Gasteiger charge is -2.17. The van der Waals surface area contributed by atoms with Crippen LogP contribution in [0.5, 0.6) is 5.75 Å². The average molecular weight is 583 g/mol. The van der Waals surface area contributed by atoms with Crippen molar-refractivity contribution in [3.63, 3.8) is 0 Å². The molecule has 3 aromatic carbocycles. The molecule has 9 heteroatoms. The Balaban J connectivity index is 1.36. The second kappa shape index (κ2) is 14.1. The van der Waals surface area contributed by atoms with Gasteiger partial charge in [-0.3, -0.25) is 9.59 Å². The van der Waals surface area contributed by atoms with E-state index in [0.717, 1.165) is 33.7 Å². The van der Waals surface area contributed by atoms with Crippen LogP contribution in [0.4, 0.5) is 5.13 Å². The normalized spacial score (nSPS) is 11.6. The number of hydrogen-bond donors (Lipinski definition) is 2. The van der Waals surface area contributed by atoms with Crippen LogP contribution >= 0.6 is 34.5 Å². The summed E-state index contributed by atoms with van der Waals surface area (Å²) in [6, 6.07) is 22.1. The summed E-state index contributed by atoms with van der Waals surface area (Å²) in [5, 5.41) is 7.27. The van der Waals surface area contributed by atoms with Crippen molar-refractivity contribution in [1.29, 1.82) is 0 Å². The molecule has 2 N–H and O–H groups in total. The van der Waals surface area contributed by atoms with Gasteiger partial charge in [-0.2, -0.15) is 0 Å². The minimum atomic E-state index is -0.665. The highest BCUT2D eigenvalue weighted by Crippen LogP contribution is 2.32. The van der Waals surface area contributed by atoms with Crippen molar-refractivity contribution >= 4 is 51.5 Å². The van der Waals surface area contributed by atoms with E-state index in [0.29, 0.717) is 34.6 Å². The molecule has 1 aromatic heterocycles. The maximum absolute atomic E-state index is 13.1. The maximum Gasteiger partial charge on any atom is 0.248 e. The molecule has 202 valence electrons. The third-order valence-corrected chi connectivity index (χ3v) is 7.55. The van der Waals surface area contributed by atoms with Crippen LogP contribution in [-0.2, 0) is 22.6 Å². The van der Waals surface area contributed by atoms with E-state index in [9.17, 15) is 9.59 Å². The van der Waals surface area contributed by atoms with Gasteiger partial charge in [0.25, 0.3) is 0 Å². The van der Waals surface area contributed by atoms with Gasteiger partial charge in [0, 0.05) is 22.7 Å². The van der Waals surface area contributed by atoms with Crippen LogP contribution in [0.15, 0.2) is 79.0 Å². The second-order valence-corrected chi connectivity index (χ2v) is 10.8. The number of ether oxygens (including phenoxy) is 1. The number of carbonyl (C=O) groups excluding carboxylic acids is 2. The van der Waals surface area contributed by atoms with Crippen molar-refractivity contribution in [2.24, 2.45) is 0 Å². The number of aryl methyl sites for hydroxylation is 1. The van der Waals surface area contributed by atoms with Crippen LogP contribution < -0.4 is 15.4 Å². The van der Waals surface area contributed by atoms with Crippen molar-refractivity contribution in [2.75, 3.05) is 5.32 Å². The van der Waals surface area contributed by atoms with Gasteiger partial charge in [-0.05, 0) is 53.8 Å². The van der Waals surface area contributed by atoms with E-state index in [1.807, 2.05) is 61.5 Å². The smallest absolute Gasteiger partial charge is 0.248 e. The van der Waals surface area contributed by atoms with E-state index >= 15 is 0 Å². The first-order valence-corrected chi connectivity index (χ1v) is 14.3. The van der Waals surface area contributed by atoms with Crippen LogP contribution in [0, 0.1) is 0 Å². The number of para-hydroxylation sites is 1. The SMILES string of the molecule is CCC[C@H](NC(=O)CCc1ccc(Cl)cc1Cl)C(=O)Nc1ncc(-c2ccccc2COc2ccccc2)s1. The van der Waals surface area contributed by atoms with Crippen molar-refractivity contribution in [3.05, 3.63) is 100 Å². The number of nitrogens with zero attached hydrogens (tertiary/aromatic N) is 1. The fourth-order valence-corrected chi connectivity index (χ4v) is 5.39. The fraction of sp³-hybridized carbons (Fsp3) is 0.233. The zero-order chi connectivity index (χ0) is 27.6. The van der Waals surface area contributed by atoms with Crippen LogP contribution in [0.25, 0.3) is 10.4 Å². The van der Waals surface area contributed by atoms with E-state index in [2.05, 4.69) is 15.6 Å². The highest BCUT2D eigenvalue weighted by molar-refractivity contribution is 7.19. The standard InChI is InChI=1S/C30H29Cl2N3O3S/c1-2-8-26(34-28(36)16-14-20-13-15-22(31)17-25(20)32)29(37)35-30-33-18-27(39-30)24-12-7-6-9-21(24)19-38-23-10-4-3-5-11-23/h3-7,9-13,15,17-18,26H,2,8,14,16,19H2,1H3,(H,34,36)(H,33,35,37)/t26-/m0/s1. The Morgan fingerprint density at radius 1 is 1.00 bits per heavy atom. The number of rotatable bonds is 12. The number of halogens is 2. The molecule has 39 heavy (non-hydrogen) atoms. The Bertz CT molecular complexity index is 1410. The Morgan fingerprint density at radius 2 is 1.77 bits per heavy atom. The molecule has 0 bridgehead atoms. The van der Waals surface area contributed by atoms with Gasteiger partial charge in [0.2, 0.25) is 11.8 Å². The first-order chi connectivity index (χ1) is 18.9. The zero-order valence-corrected chi connectivity index (χ0v) is 23.8. The summed E-state index contributed by atoms with van der Waals surface area (Å²) in [5.74, 6) is 0.281. The highest BCUT2D eigenvalue weighted by Gasteiger charge is 2.21. The second-order valence-electron chi connectivity index (χ2n) is 8.92. The molecule has 0 aliphatic carbocycles. The van der Waals surface area contributed by atoms with Gasteiger partial charge in [-0.25, -0.2) is 4.98 Å². The number of benzene rings is 3. The first-order valence-electron chi connectivity index (χ1n) is 12.7. The minimum absolute atomic E-state index is 0.206. The number of anilines is 1. The molecule has 0 aliphatic heterocycles. The molecule has 2 amide bonds. The van der Waals surface area contributed by atoms with Crippen molar-refractivity contribution in [3.8, 4) is 16.2 Å². The monoisotopic (exact) mass is 581 g/mol. The molecule has 0 unspecified atom stereocenters. The summed E-state index contributed by atoms with van der Waals surface area (Å²) < 4.78 is 5.94. The fourth-order valence-electron chi connectivity index (χ4n) is 4.01. The van der Waals surface area contributed by atoms with Crippen LogP contribution in [0.3, 0.4) is 0 Å². The molecule has 0 radical (unpaired) electrons. The van der Waals surface area contributed by atoms with E-state index in [-0.39, 0.29) is 18.2 Å². The third-order valence-electron chi connectivity index (χ3n) is 6.02. The lowest BCUT2D eigenvalue weighted by Crippen LogP contribution is -2.43. The van der Waals surface area contributed by atoms with Crippen molar-refractivity contribution in [2.45, 2.75) is 45.3 Å². The highest BCUT2D eigenvalue weighted by atomic mass is 35.5. The predicted molar refractivity (Wildman–Crippen MR) is 159 cm³/mol. The van der Waals surface area contributed by atoms with E-state index in [1.54, 1.807) is 24.4 Å². The summed E-state index contributed by atoms with van der Waals surface area (Å²) in [4.78, 5) is 31.0. The molecule has 0 fully saturated rings.